The monoisotopic (exact) mass is 248 g/mol. The number of hydrogen-bond donors (Lipinski definition) is 2. The van der Waals surface area contributed by atoms with E-state index in [1.807, 2.05) is 24.3 Å². The molecule has 0 fully saturated rings. The Labute approximate surface area is 110 Å². The number of rotatable bonds is 6. The molecule has 0 atom stereocenters. The summed E-state index contributed by atoms with van der Waals surface area (Å²) < 4.78 is 0. The average molecular weight is 248 g/mol. The molecule has 0 bridgehead atoms. The van der Waals surface area contributed by atoms with Crippen LogP contribution in [0.5, 0.6) is 0 Å². The van der Waals surface area contributed by atoms with Crippen molar-refractivity contribution < 1.29 is 4.79 Å². The Balaban J connectivity index is 2.56. The molecule has 3 heteroatoms. The lowest BCUT2D eigenvalue weighted by Gasteiger charge is -2.26. The molecule has 1 rings (SSSR count). The van der Waals surface area contributed by atoms with Crippen LogP contribution >= 0.6 is 0 Å². The highest BCUT2D eigenvalue weighted by molar-refractivity contribution is 5.93. The van der Waals surface area contributed by atoms with Gasteiger partial charge in [0.15, 0.2) is 0 Å². The van der Waals surface area contributed by atoms with E-state index in [1.165, 1.54) is 12.0 Å². The van der Waals surface area contributed by atoms with Gasteiger partial charge >= 0.3 is 0 Å². The first kappa shape index (κ1) is 14.7. The number of carbonyl (C=O) groups is 1. The van der Waals surface area contributed by atoms with Gasteiger partial charge in [-0.05, 0) is 38.0 Å². The maximum Gasteiger partial charge on any atom is 0.251 e. The van der Waals surface area contributed by atoms with Crippen LogP contribution in [0.4, 0.5) is 0 Å². The standard InChI is InChI=1S/C15H24N2O/c1-5-10-15(2,3)17-11-12-6-8-13(9-7-12)14(18)16-4/h6-9,17H,5,10-11H2,1-4H3,(H,16,18). The number of nitrogens with one attached hydrogen (secondary N) is 2. The van der Waals surface area contributed by atoms with Crippen molar-refractivity contribution in [3.63, 3.8) is 0 Å². The topological polar surface area (TPSA) is 41.1 Å². The van der Waals surface area contributed by atoms with Gasteiger partial charge in [-0.15, -0.1) is 0 Å². The Morgan fingerprint density at radius 1 is 1.22 bits per heavy atom. The molecule has 0 saturated heterocycles. The first-order valence-corrected chi connectivity index (χ1v) is 6.54. The summed E-state index contributed by atoms with van der Waals surface area (Å²) in [5.74, 6) is -0.0409. The summed E-state index contributed by atoms with van der Waals surface area (Å²) in [5.41, 5.74) is 2.06. The normalized spacial score (nSPS) is 11.3. The Morgan fingerprint density at radius 2 is 1.83 bits per heavy atom. The lowest BCUT2D eigenvalue weighted by Crippen LogP contribution is -2.38. The van der Waals surface area contributed by atoms with Gasteiger partial charge in [0.1, 0.15) is 0 Å². The molecule has 0 unspecified atom stereocenters. The minimum atomic E-state index is -0.0409. The van der Waals surface area contributed by atoms with Gasteiger partial charge in [0.2, 0.25) is 0 Å². The summed E-state index contributed by atoms with van der Waals surface area (Å²) in [6.45, 7) is 7.47. The Hall–Kier alpha value is -1.35. The predicted molar refractivity (Wildman–Crippen MR) is 75.7 cm³/mol. The molecule has 18 heavy (non-hydrogen) atoms. The Morgan fingerprint density at radius 3 is 2.33 bits per heavy atom. The van der Waals surface area contributed by atoms with Gasteiger partial charge in [-0.3, -0.25) is 4.79 Å². The van der Waals surface area contributed by atoms with Crippen molar-refractivity contribution in [2.45, 2.75) is 45.7 Å². The zero-order valence-corrected chi connectivity index (χ0v) is 11.8. The van der Waals surface area contributed by atoms with Crippen LogP contribution in [-0.4, -0.2) is 18.5 Å². The van der Waals surface area contributed by atoms with Crippen molar-refractivity contribution in [2.75, 3.05) is 7.05 Å². The summed E-state index contributed by atoms with van der Waals surface area (Å²) in [6, 6.07) is 7.73. The number of hydrogen-bond acceptors (Lipinski definition) is 2. The van der Waals surface area contributed by atoms with E-state index in [-0.39, 0.29) is 11.4 Å². The van der Waals surface area contributed by atoms with E-state index >= 15 is 0 Å². The summed E-state index contributed by atoms with van der Waals surface area (Å²) in [5, 5.41) is 6.16. The summed E-state index contributed by atoms with van der Waals surface area (Å²) in [4.78, 5) is 11.4. The SMILES string of the molecule is CCCC(C)(C)NCc1ccc(C(=O)NC)cc1. The zero-order chi connectivity index (χ0) is 13.6. The molecule has 2 N–H and O–H groups in total. The molecule has 3 nitrogen and oxygen atoms in total. The molecule has 0 aliphatic rings. The summed E-state index contributed by atoms with van der Waals surface area (Å²) in [6.07, 6.45) is 2.33. The predicted octanol–water partition coefficient (Wildman–Crippen LogP) is 2.71. The first-order valence-electron chi connectivity index (χ1n) is 6.54. The number of benzene rings is 1. The minimum absolute atomic E-state index is 0.0409. The molecule has 1 aromatic rings. The van der Waals surface area contributed by atoms with Gasteiger partial charge < -0.3 is 10.6 Å². The van der Waals surface area contributed by atoms with Crippen LogP contribution in [0.15, 0.2) is 24.3 Å². The van der Waals surface area contributed by atoms with Crippen molar-refractivity contribution >= 4 is 5.91 Å². The smallest absolute Gasteiger partial charge is 0.251 e. The van der Waals surface area contributed by atoms with Crippen molar-refractivity contribution in [1.29, 1.82) is 0 Å². The highest BCUT2D eigenvalue weighted by Gasteiger charge is 2.15. The molecule has 0 heterocycles. The largest absolute Gasteiger partial charge is 0.355 e. The van der Waals surface area contributed by atoms with Gasteiger partial charge in [-0.1, -0.05) is 25.5 Å². The van der Waals surface area contributed by atoms with Crippen LogP contribution in [0, 0.1) is 0 Å². The summed E-state index contributed by atoms with van der Waals surface area (Å²) in [7, 11) is 1.64. The first-order chi connectivity index (χ1) is 8.48. The zero-order valence-electron chi connectivity index (χ0n) is 11.8. The number of carbonyl (C=O) groups excluding carboxylic acids is 1. The second kappa shape index (κ2) is 6.55. The van der Waals surface area contributed by atoms with E-state index in [0.717, 1.165) is 13.0 Å². The third kappa shape index (κ3) is 4.49. The van der Waals surface area contributed by atoms with Gasteiger partial charge in [-0.25, -0.2) is 0 Å². The van der Waals surface area contributed by atoms with E-state index in [4.69, 9.17) is 0 Å². The second-order valence-electron chi connectivity index (χ2n) is 5.26. The molecular weight excluding hydrogens is 224 g/mol. The molecule has 0 aliphatic heterocycles. The third-order valence-electron chi connectivity index (χ3n) is 3.09. The third-order valence-corrected chi connectivity index (χ3v) is 3.09. The van der Waals surface area contributed by atoms with Crippen LogP contribution in [0.3, 0.4) is 0 Å². The second-order valence-corrected chi connectivity index (χ2v) is 5.26. The van der Waals surface area contributed by atoms with E-state index in [0.29, 0.717) is 5.56 Å². The molecule has 0 aliphatic carbocycles. The highest BCUT2D eigenvalue weighted by Crippen LogP contribution is 2.12. The van der Waals surface area contributed by atoms with E-state index < -0.39 is 0 Å². The van der Waals surface area contributed by atoms with Crippen molar-refractivity contribution in [2.24, 2.45) is 0 Å². The van der Waals surface area contributed by atoms with Crippen molar-refractivity contribution in [3.8, 4) is 0 Å². The molecule has 0 radical (unpaired) electrons. The van der Waals surface area contributed by atoms with Gasteiger partial charge in [0, 0.05) is 24.7 Å². The Kier molecular flexibility index (Phi) is 5.35. The van der Waals surface area contributed by atoms with Crippen LogP contribution in [0.1, 0.15) is 49.5 Å². The average Bonchev–Trinajstić information content (AvgIpc) is 2.36. The lowest BCUT2D eigenvalue weighted by molar-refractivity contribution is 0.0963. The molecular formula is C15H24N2O. The Bertz CT molecular complexity index is 382. The molecule has 1 amide bonds. The highest BCUT2D eigenvalue weighted by atomic mass is 16.1. The van der Waals surface area contributed by atoms with Gasteiger partial charge in [0.25, 0.3) is 5.91 Å². The van der Waals surface area contributed by atoms with E-state index in [1.54, 1.807) is 7.05 Å². The maximum atomic E-state index is 11.4. The van der Waals surface area contributed by atoms with Gasteiger partial charge in [0.05, 0.1) is 0 Å². The van der Waals surface area contributed by atoms with Crippen LogP contribution < -0.4 is 10.6 Å². The van der Waals surface area contributed by atoms with Crippen molar-refractivity contribution in [3.05, 3.63) is 35.4 Å². The molecule has 0 saturated carbocycles. The van der Waals surface area contributed by atoms with Crippen LogP contribution in [0.2, 0.25) is 0 Å². The summed E-state index contributed by atoms with van der Waals surface area (Å²) >= 11 is 0. The molecule has 1 aromatic carbocycles. The maximum absolute atomic E-state index is 11.4. The number of amides is 1. The quantitative estimate of drug-likeness (QED) is 0.812. The fraction of sp³-hybridized carbons (Fsp3) is 0.533. The molecule has 0 spiro atoms. The van der Waals surface area contributed by atoms with Crippen LogP contribution in [-0.2, 0) is 6.54 Å². The molecule has 100 valence electrons. The van der Waals surface area contributed by atoms with E-state index in [2.05, 4.69) is 31.4 Å². The van der Waals surface area contributed by atoms with Crippen molar-refractivity contribution in [1.82, 2.24) is 10.6 Å². The minimum Gasteiger partial charge on any atom is -0.355 e. The van der Waals surface area contributed by atoms with E-state index in [9.17, 15) is 4.79 Å². The molecule has 0 aromatic heterocycles. The fourth-order valence-electron chi connectivity index (χ4n) is 1.97. The fourth-order valence-corrected chi connectivity index (χ4v) is 1.97. The van der Waals surface area contributed by atoms with Gasteiger partial charge in [-0.2, -0.15) is 0 Å². The van der Waals surface area contributed by atoms with Crippen LogP contribution in [0.25, 0.3) is 0 Å². The lowest BCUT2D eigenvalue weighted by atomic mass is 9.98.